The predicted molar refractivity (Wildman–Crippen MR) is 69.7 cm³/mol. The lowest BCUT2D eigenvalue weighted by atomic mass is 10.1. The molecule has 0 aliphatic heterocycles. The van der Waals surface area contributed by atoms with Crippen molar-refractivity contribution >= 4 is 10.2 Å². The summed E-state index contributed by atoms with van der Waals surface area (Å²) in [5, 5.41) is 0. The largest absolute Gasteiger partial charge is 0.330 e. The lowest BCUT2D eigenvalue weighted by molar-refractivity contribution is 0.438. The van der Waals surface area contributed by atoms with Crippen LogP contribution in [-0.4, -0.2) is 39.4 Å². The number of nitrogens with two attached hydrogens (primary N) is 1. The van der Waals surface area contributed by atoms with Gasteiger partial charge >= 0.3 is 0 Å². The van der Waals surface area contributed by atoms with Crippen LogP contribution in [0.15, 0.2) is 0 Å². The van der Waals surface area contributed by atoms with Crippen molar-refractivity contribution in [3.8, 4) is 0 Å². The van der Waals surface area contributed by atoms with Gasteiger partial charge in [-0.05, 0) is 37.6 Å². The summed E-state index contributed by atoms with van der Waals surface area (Å²) in [5.74, 6) is 1.24. The molecule has 1 fully saturated rings. The van der Waals surface area contributed by atoms with Crippen LogP contribution in [-0.2, 0) is 10.2 Å². The van der Waals surface area contributed by atoms with Crippen LogP contribution in [0.3, 0.4) is 0 Å². The van der Waals surface area contributed by atoms with E-state index in [0.29, 0.717) is 32.0 Å². The van der Waals surface area contributed by atoms with E-state index in [1.54, 1.807) is 7.05 Å². The van der Waals surface area contributed by atoms with Crippen LogP contribution >= 0.6 is 0 Å². The first kappa shape index (κ1) is 14.9. The first-order valence-corrected chi connectivity index (χ1v) is 7.80. The normalized spacial score (nSPS) is 25.6. The average Bonchev–Trinajstić information content (AvgIpc) is 2.69. The van der Waals surface area contributed by atoms with Crippen molar-refractivity contribution < 1.29 is 8.42 Å². The third kappa shape index (κ3) is 4.91. The van der Waals surface area contributed by atoms with E-state index in [-0.39, 0.29) is 0 Å². The Kier molecular flexibility index (Phi) is 5.85. The first-order chi connectivity index (χ1) is 7.95. The summed E-state index contributed by atoms with van der Waals surface area (Å²) >= 11 is 0. The highest BCUT2D eigenvalue weighted by Gasteiger charge is 2.24. The van der Waals surface area contributed by atoms with E-state index < -0.39 is 10.2 Å². The highest BCUT2D eigenvalue weighted by atomic mass is 32.2. The molecule has 0 bridgehead atoms. The molecule has 5 nitrogen and oxygen atoms in total. The van der Waals surface area contributed by atoms with Gasteiger partial charge in [-0.2, -0.15) is 12.7 Å². The molecule has 0 radical (unpaired) electrons. The summed E-state index contributed by atoms with van der Waals surface area (Å²) in [6.07, 6.45) is 4.18. The van der Waals surface area contributed by atoms with Crippen LogP contribution in [0, 0.1) is 11.8 Å². The van der Waals surface area contributed by atoms with Gasteiger partial charge in [-0.25, -0.2) is 4.72 Å². The van der Waals surface area contributed by atoms with E-state index in [4.69, 9.17) is 5.73 Å². The molecule has 0 spiro atoms. The molecule has 0 saturated heterocycles. The Balaban J connectivity index is 2.33. The van der Waals surface area contributed by atoms with Crippen LogP contribution in [0.25, 0.3) is 0 Å². The number of hydrogen-bond donors (Lipinski definition) is 2. The van der Waals surface area contributed by atoms with Crippen LogP contribution in [0.2, 0.25) is 0 Å². The molecule has 3 N–H and O–H groups in total. The van der Waals surface area contributed by atoms with Crippen molar-refractivity contribution in [3.05, 3.63) is 0 Å². The lowest BCUT2D eigenvalue weighted by Gasteiger charge is -2.19. The summed E-state index contributed by atoms with van der Waals surface area (Å²) < 4.78 is 27.7. The van der Waals surface area contributed by atoms with Crippen LogP contribution in [0.5, 0.6) is 0 Å². The topological polar surface area (TPSA) is 75.4 Å². The Labute approximate surface area is 105 Å². The van der Waals surface area contributed by atoms with E-state index >= 15 is 0 Å². The van der Waals surface area contributed by atoms with E-state index in [9.17, 15) is 8.42 Å². The molecule has 1 aliphatic carbocycles. The maximum absolute atomic E-state index is 11.8. The lowest BCUT2D eigenvalue weighted by Crippen LogP contribution is -2.40. The minimum absolute atomic E-state index is 0.479. The standard InChI is InChI=1S/C11H25N3O2S/c1-10-4-5-11(8-10)9-13-17(15,16)14(2)7-3-6-12/h10-11,13H,3-9,12H2,1-2H3. The summed E-state index contributed by atoms with van der Waals surface area (Å²) in [4.78, 5) is 0. The summed E-state index contributed by atoms with van der Waals surface area (Å²) in [6.45, 7) is 3.79. The van der Waals surface area contributed by atoms with Gasteiger partial charge < -0.3 is 5.73 Å². The van der Waals surface area contributed by atoms with Gasteiger partial charge in [0.1, 0.15) is 0 Å². The molecule has 6 heteroatoms. The third-order valence-corrected chi connectivity index (χ3v) is 4.98. The van der Waals surface area contributed by atoms with Crippen molar-refractivity contribution in [3.63, 3.8) is 0 Å². The Morgan fingerprint density at radius 1 is 1.41 bits per heavy atom. The molecule has 0 heterocycles. The quantitative estimate of drug-likeness (QED) is 0.704. The highest BCUT2D eigenvalue weighted by Crippen LogP contribution is 2.29. The zero-order valence-electron chi connectivity index (χ0n) is 10.9. The fourth-order valence-corrected chi connectivity index (χ4v) is 3.31. The summed E-state index contributed by atoms with van der Waals surface area (Å²) in [7, 11) is -1.72. The second-order valence-electron chi connectivity index (χ2n) is 5.10. The van der Waals surface area contributed by atoms with Crippen molar-refractivity contribution in [1.29, 1.82) is 0 Å². The number of nitrogens with zero attached hydrogens (tertiary/aromatic N) is 1. The van der Waals surface area contributed by atoms with Gasteiger partial charge in [0.2, 0.25) is 0 Å². The molecule has 1 saturated carbocycles. The molecule has 17 heavy (non-hydrogen) atoms. The fraction of sp³-hybridized carbons (Fsp3) is 1.00. The number of rotatable bonds is 7. The monoisotopic (exact) mass is 263 g/mol. The van der Waals surface area contributed by atoms with Gasteiger partial charge in [0.25, 0.3) is 10.2 Å². The molecule has 0 aromatic carbocycles. The van der Waals surface area contributed by atoms with E-state index in [1.165, 1.54) is 10.7 Å². The molecule has 0 aromatic rings. The smallest absolute Gasteiger partial charge is 0.279 e. The van der Waals surface area contributed by atoms with Gasteiger partial charge in [0.15, 0.2) is 0 Å². The molecule has 0 amide bonds. The maximum Gasteiger partial charge on any atom is 0.279 e. The molecule has 1 rings (SSSR count). The molecule has 102 valence electrons. The fourth-order valence-electron chi connectivity index (χ4n) is 2.28. The zero-order valence-corrected chi connectivity index (χ0v) is 11.7. The number of hydrogen-bond acceptors (Lipinski definition) is 3. The average molecular weight is 263 g/mol. The predicted octanol–water partition coefficient (Wildman–Crippen LogP) is 0.538. The minimum atomic E-state index is -3.31. The van der Waals surface area contributed by atoms with Crippen molar-refractivity contribution in [2.45, 2.75) is 32.6 Å². The van der Waals surface area contributed by atoms with Crippen molar-refractivity contribution in [1.82, 2.24) is 9.03 Å². The highest BCUT2D eigenvalue weighted by molar-refractivity contribution is 7.87. The SMILES string of the molecule is CC1CCC(CNS(=O)(=O)N(C)CCCN)C1. The van der Waals surface area contributed by atoms with Crippen LogP contribution < -0.4 is 10.5 Å². The maximum atomic E-state index is 11.8. The Morgan fingerprint density at radius 2 is 2.12 bits per heavy atom. The summed E-state index contributed by atoms with van der Waals surface area (Å²) in [5.41, 5.74) is 5.37. The van der Waals surface area contributed by atoms with Gasteiger partial charge in [-0.3, -0.25) is 0 Å². The third-order valence-electron chi connectivity index (χ3n) is 3.45. The van der Waals surface area contributed by atoms with E-state index in [1.807, 2.05) is 0 Å². The summed E-state index contributed by atoms with van der Waals surface area (Å²) in [6, 6.07) is 0. The second-order valence-corrected chi connectivity index (χ2v) is 6.96. The van der Waals surface area contributed by atoms with Gasteiger partial charge in [-0.1, -0.05) is 13.3 Å². The van der Waals surface area contributed by atoms with Crippen molar-refractivity contribution in [2.75, 3.05) is 26.7 Å². The molecule has 1 aliphatic rings. The molecular weight excluding hydrogens is 238 g/mol. The van der Waals surface area contributed by atoms with Gasteiger partial charge in [-0.15, -0.1) is 0 Å². The molecular formula is C11H25N3O2S. The Hall–Kier alpha value is -0.170. The van der Waals surface area contributed by atoms with Crippen LogP contribution in [0.1, 0.15) is 32.6 Å². The molecule has 2 unspecified atom stereocenters. The first-order valence-electron chi connectivity index (χ1n) is 6.36. The van der Waals surface area contributed by atoms with Crippen molar-refractivity contribution in [2.24, 2.45) is 17.6 Å². The van der Waals surface area contributed by atoms with Crippen LogP contribution in [0.4, 0.5) is 0 Å². The number of nitrogens with one attached hydrogen (secondary N) is 1. The van der Waals surface area contributed by atoms with Gasteiger partial charge in [0, 0.05) is 20.1 Å². The zero-order chi connectivity index (χ0) is 12.9. The Morgan fingerprint density at radius 3 is 2.65 bits per heavy atom. The van der Waals surface area contributed by atoms with E-state index in [2.05, 4.69) is 11.6 Å². The van der Waals surface area contributed by atoms with E-state index in [0.717, 1.165) is 18.8 Å². The Bertz CT molecular complexity index is 319. The molecule has 2 atom stereocenters. The van der Waals surface area contributed by atoms with Gasteiger partial charge in [0.05, 0.1) is 0 Å². The molecule has 0 aromatic heterocycles. The minimum Gasteiger partial charge on any atom is -0.330 e. The second kappa shape index (κ2) is 6.68.